The van der Waals surface area contributed by atoms with Gasteiger partial charge in [0.2, 0.25) is 0 Å². The van der Waals surface area contributed by atoms with E-state index in [4.69, 9.17) is 15.9 Å². The number of hydrogen-bond donors (Lipinski definition) is 2. The first kappa shape index (κ1) is 13.3. The molecule has 0 atom stereocenters. The van der Waals surface area contributed by atoms with Gasteiger partial charge in [-0.25, -0.2) is 0 Å². The molecule has 3 N–H and O–H groups in total. The average molecular weight is 277 g/mol. The number of thioether (sulfide) groups is 1. The Morgan fingerprint density at radius 1 is 1.57 bits per heavy atom. The Balaban J connectivity index is 0.00000169. The third-order valence-electron chi connectivity index (χ3n) is 1.53. The zero-order valence-corrected chi connectivity index (χ0v) is 10.3. The molecule has 3 nitrogen and oxygen atoms in total. The van der Waals surface area contributed by atoms with Crippen LogP contribution in [0.2, 0.25) is 0 Å². The zero-order valence-electron chi connectivity index (χ0n) is 7.82. The summed E-state index contributed by atoms with van der Waals surface area (Å²) in [7, 11) is 1.64. The van der Waals surface area contributed by atoms with Gasteiger partial charge in [-0.3, -0.25) is 5.41 Å². The highest BCUT2D eigenvalue weighted by Crippen LogP contribution is 2.17. The van der Waals surface area contributed by atoms with Crippen molar-refractivity contribution >= 4 is 33.9 Å². The van der Waals surface area contributed by atoms with Gasteiger partial charge >= 0.3 is 0 Å². The van der Waals surface area contributed by atoms with Crippen LogP contribution in [0.4, 0.5) is 0 Å². The van der Waals surface area contributed by atoms with Crippen molar-refractivity contribution in [1.29, 1.82) is 5.41 Å². The van der Waals surface area contributed by atoms with Crippen molar-refractivity contribution < 1.29 is 4.74 Å². The molecule has 1 aromatic rings. The minimum atomic E-state index is 0. The first-order valence-electron chi connectivity index (χ1n) is 3.82. The number of methoxy groups -OCH3 is 1. The summed E-state index contributed by atoms with van der Waals surface area (Å²) >= 11 is 1.31. The number of ether oxygens (including phenoxy) is 1. The van der Waals surface area contributed by atoms with Gasteiger partial charge in [-0.05, 0) is 17.7 Å². The predicted molar refractivity (Wildman–Crippen MR) is 66.5 cm³/mol. The van der Waals surface area contributed by atoms with Gasteiger partial charge in [-0.1, -0.05) is 23.9 Å². The van der Waals surface area contributed by atoms with Gasteiger partial charge in [0.25, 0.3) is 0 Å². The lowest BCUT2D eigenvalue weighted by atomic mass is 10.2. The number of rotatable bonds is 3. The smallest absolute Gasteiger partial charge is 0.151 e. The molecule has 0 fully saturated rings. The molecule has 1 rings (SSSR count). The van der Waals surface area contributed by atoms with Crippen LogP contribution in [0.15, 0.2) is 24.3 Å². The molecule has 14 heavy (non-hydrogen) atoms. The summed E-state index contributed by atoms with van der Waals surface area (Å²) in [5.41, 5.74) is 6.34. The van der Waals surface area contributed by atoms with Crippen molar-refractivity contribution in [3.05, 3.63) is 29.8 Å². The van der Waals surface area contributed by atoms with E-state index in [0.717, 1.165) is 11.3 Å². The second kappa shape index (κ2) is 6.73. The van der Waals surface area contributed by atoms with Crippen LogP contribution in [0.3, 0.4) is 0 Å². The zero-order chi connectivity index (χ0) is 9.68. The maximum absolute atomic E-state index is 7.05. The first-order chi connectivity index (χ1) is 6.22. The van der Waals surface area contributed by atoms with Gasteiger partial charge < -0.3 is 10.5 Å². The van der Waals surface area contributed by atoms with Crippen molar-refractivity contribution in [3.63, 3.8) is 0 Å². The van der Waals surface area contributed by atoms with E-state index < -0.39 is 0 Å². The summed E-state index contributed by atoms with van der Waals surface area (Å²) in [6.07, 6.45) is 0. The van der Waals surface area contributed by atoms with E-state index in [2.05, 4.69) is 0 Å². The number of nitrogens with two attached hydrogens (primary N) is 1. The molecule has 0 aliphatic heterocycles. The van der Waals surface area contributed by atoms with Crippen LogP contribution >= 0.6 is 28.7 Å². The molecule has 0 unspecified atom stereocenters. The Morgan fingerprint density at radius 3 is 2.86 bits per heavy atom. The monoisotopic (exact) mass is 276 g/mol. The third kappa shape index (κ3) is 4.53. The SMILES string of the molecule is Br.COc1cccc(CSC(=N)N)c1. The highest BCUT2D eigenvalue weighted by atomic mass is 79.9. The molecule has 78 valence electrons. The Labute approximate surface area is 98.3 Å². The standard InChI is InChI=1S/C9H12N2OS.BrH/c1-12-8-4-2-3-7(5-8)6-13-9(10)11;/h2-5H,6H2,1H3,(H3,10,11);1H. The third-order valence-corrected chi connectivity index (χ3v) is 2.32. The summed E-state index contributed by atoms with van der Waals surface area (Å²) in [6, 6.07) is 7.74. The van der Waals surface area contributed by atoms with E-state index in [-0.39, 0.29) is 22.1 Å². The van der Waals surface area contributed by atoms with E-state index in [0.29, 0.717) is 5.75 Å². The van der Waals surface area contributed by atoms with Gasteiger partial charge in [-0.2, -0.15) is 0 Å². The van der Waals surface area contributed by atoms with Crippen molar-refractivity contribution in [3.8, 4) is 5.75 Å². The molecular formula is C9H13BrN2OS. The molecule has 0 aromatic heterocycles. The molecule has 0 radical (unpaired) electrons. The Bertz CT molecular complexity index is 307. The maximum Gasteiger partial charge on any atom is 0.151 e. The fourth-order valence-corrected chi connectivity index (χ4v) is 1.43. The summed E-state index contributed by atoms with van der Waals surface area (Å²) < 4.78 is 5.07. The van der Waals surface area contributed by atoms with E-state index in [1.54, 1.807) is 7.11 Å². The summed E-state index contributed by atoms with van der Waals surface area (Å²) in [5.74, 6) is 1.55. The summed E-state index contributed by atoms with van der Waals surface area (Å²) in [5, 5.41) is 7.19. The quantitative estimate of drug-likeness (QED) is 0.659. The minimum Gasteiger partial charge on any atom is -0.497 e. The fraction of sp³-hybridized carbons (Fsp3) is 0.222. The maximum atomic E-state index is 7.05. The summed E-state index contributed by atoms with van der Waals surface area (Å²) in [6.45, 7) is 0. The highest BCUT2D eigenvalue weighted by molar-refractivity contribution is 8.93. The molecule has 1 aromatic carbocycles. The molecule has 0 bridgehead atoms. The van der Waals surface area contributed by atoms with E-state index in [1.165, 1.54) is 11.8 Å². The van der Waals surface area contributed by atoms with Crippen LogP contribution in [0.25, 0.3) is 0 Å². The van der Waals surface area contributed by atoms with Crippen LogP contribution in [-0.2, 0) is 5.75 Å². The Morgan fingerprint density at radius 2 is 2.29 bits per heavy atom. The van der Waals surface area contributed by atoms with Crippen LogP contribution in [0.1, 0.15) is 5.56 Å². The lowest BCUT2D eigenvalue weighted by Crippen LogP contribution is -2.03. The molecule has 5 heteroatoms. The lowest BCUT2D eigenvalue weighted by Gasteiger charge is -2.02. The molecule has 0 aliphatic carbocycles. The van der Waals surface area contributed by atoms with Gasteiger partial charge in [0.05, 0.1) is 7.11 Å². The molecular weight excluding hydrogens is 264 g/mol. The van der Waals surface area contributed by atoms with Crippen LogP contribution in [0.5, 0.6) is 5.75 Å². The molecule has 0 saturated heterocycles. The largest absolute Gasteiger partial charge is 0.497 e. The fourth-order valence-electron chi connectivity index (χ4n) is 0.923. The van der Waals surface area contributed by atoms with Crippen molar-refractivity contribution in [2.75, 3.05) is 7.11 Å². The normalized spacial score (nSPS) is 8.93. The second-order valence-corrected chi connectivity index (χ2v) is 3.52. The Hall–Kier alpha value is -0.680. The van der Waals surface area contributed by atoms with Gasteiger partial charge in [0, 0.05) is 5.75 Å². The molecule has 0 heterocycles. The van der Waals surface area contributed by atoms with Gasteiger partial charge in [0.15, 0.2) is 5.17 Å². The van der Waals surface area contributed by atoms with Crippen molar-refractivity contribution in [2.45, 2.75) is 5.75 Å². The number of hydrogen-bond acceptors (Lipinski definition) is 3. The summed E-state index contributed by atoms with van der Waals surface area (Å²) in [4.78, 5) is 0. The van der Waals surface area contributed by atoms with Gasteiger partial charge in [-0.15, -0.1) is 17.0 Å². The Kier molecular flexibility index (Phi) is 6.40. The van der Waals surface area contributed by atoms with Gasteiger partial charge in [0.1, 0.15) is 5.75 Å². The number of benzene rings is 1. The minimum absolute atomic E-state index is 0. The van der Waals surface area contributed by atoms with Crippen molar-refractivity contribution in [2.24, 2.45) is 5.73 Å². The lowest BCUT2D eigenvalue weighted by molar-refractivity contribution is 0.414. The predicted octanol–water partition coefficient (Wildman–Crippen LogP) is 2.40. The van der Waals surface area contributed by atoms with Crippen LogP contribution in [-0.4, -0.2) is 12.3 Å². The first-order valence-corrected chi connectivity index (χ1v) is 4.80. The topological polar surface area (TPSA) is 59.1 Å². The molecule has 0 saturated carbocycles. The second-order valence-electron chi connectivity index (χ2n) is 2.50. The molecule has 0 aliphatic rings. The number of halogens is 1. The van der Waals surface area contributed by atoms with Crippen LogP contribution < -0.4 is 10.5 Å². The molecule has 0 spiro atoms. The molecule has 0 amide bonds. The number of nitrogens with one attached hydrogen (secondary N) is 1. The van der Waals surface area contributed by atoms with Crippen molar-refractivity contribution in [1.82, 2.24) is 0 Å². The van der Waals surface area contributed by atoms with E-state index in [9.17, 15) is 0 Å². The number of amidine groups is 1. The highest BCUT2D eigenvalue weighted by Gasteiger charge is 1.97. The average Bonchev–Trinajstić information content (AvgIpc) is 2.15. The van der Waals surface area contributed by atoms with Crippen LogP contribution in [0, 0.1) is 5.41 Å². The van der Waals surface area contributed by atoms with E-state index >= 15 is 0 Å². The van der Waals surface area contributed by atoms with E-state index in [1.807, 2.05) is 24.3 Å².